The maximum absolute atomic E-state index is 12.0. The number of piperidine rings is 1. The van der Waals surface area contributed by atoms with Crippen LogP contribution in [0.2, 0.25) is 0 Å². The smallest absolute Gasteiger partial charge is 0.325 e. The van der Waals surface area contributed by atoms with Gasteiger partial charge in [0.05, 0.1) is 12.7 Å². The zero-order valence-corrected chi connectivity index (χ0v) is 21.7. The molecular weight excluding hydrogens is 472 g/mol. The summed E-state index contributed by atoms with van der Waals surface area (Å²) < 4.78 is 6.95. The minimum atomic E-state index is -0.594. The summed E-state index contributed by atoms with van der Waals surface area (Å²) in [5.74, 6) is -0.256. The number of nitrogens with zero attached hydrogens (tertiary/aromatic N) is 2. The standard InChI is InChI=1S/C33H34N2O3/c1-2-38-32(37)25-34-20-18-26(24-34)22-30-23-31(36)19-21-35(30)33(27-12-6-3-7-13-27,28-14-8-4-9-15-28)29-16-10-5-11-17-29/h3-18,20,22,24,31,36H,2,19,21,23,25H2,1H3. The van der Waals surface area contributed by atoms with Crippen molar-refractivity contribution in [3.8, 4) is 0 Å². The van der Waals surface area contributed by atoms with Gasteiger partial charge >= 0.3 is 5.97 Å². The van der Waals surface area contributed by atoms with E-state index in [1.54, 1.807) is 0 Å². The number of carbonyl (C=O) groups is 1. The third-order valence-corrected chi connectivity index (χ3v) is 7.18. The van der Waals surface area contributed by atoms with E-state index < -0.39 is 11.6 Å². The Bertz CT molecular complexity index is 1270. The minimum absolute atomic E-state index is 0.172. The molecule has 1 atom stereocenters. The molecule has 1 N–H and O–H groups in total. The van der Waals surface area contributed by atoms with Crippen molar-refractivity contribution >= 4 is 12.0 Å². The summed E-state index contributed by atoms with van der Waals surface area (Å²) in [6.45, 7) is 3.04. The van der Waals surface area contributed by atoms with Crippen molar-refractivity contribution in [2.45, 2.75) is 38.0 Å². The number of aliphatic hydroxyl groups is 1. The largest absolute Gasteiger partial charge is 0.465 e. The lowest BCUT2D eigenvalue weighted by Gasteiger charge is -2.50. The van der Waals surface area contributed by atoms with Crippen LogP contribution in [-0.2, 0) is 21.6 Å². The number of hydrogen-bond acceptors (Lipinski definition) is 4. The van der Waals surface area contributed by atoms with Crippen molar-refractivity contribution in [2.24, 2.45) is 0 Å². The molecule has 1 aromatic heterocycles. The van der Waals surface area contributed by atoms with E-state index in [4.69, 9.17) is 4.74 Å². The van der Waals surface area contributed by atoms with E-state index in [2.05, 4.69) is 83.8 Å². The van der Waals surface area contributed by atoms with Crippen LogP contribution in [0.25, 0.3) is 6.08 Å². The highest BCUT2D eigenvalue weighted by Gasteiger charge is 2.44. The normalized spacial score (nSPS) is 16.9. The lowest BCUT2D eigenvalue weighted by atomic mass is 9.74. The molecular formula is C33H34N2O3. The first-order valence-electron chi connectivity index (χ1n) is 13.3. The van der Waals surface area contributed by atoms with Crippen LogP contribution in [0.15, 0.2) is 115 Å². The average molecular weight is 507 g/mol. The fourth-order valence-corrected chi connectivity index (χ4v) is 5.59. The number of benzene rings is 3. The third kappa shape index (κ3) is 5.15. The van der Waals surface area contributed by atoms with Gasteiger partial charge in [-0.1, -0.05) is 91.0 Å². The summed E-state index contributed by atoms with van der Waals surface area (Å²) in [7, 11) is 0. The topological polar surface area (TPSA) is 54.7 Å². The van der Waals surface area contributed by atoms with Crippen LogP contribution in [-0.4, -0.2) is 39.8 Å². The number of rotatable bonds is 8. The number of likely N-dealkylation sites (tertiary alicyclic amines) is 1. The van der Waals surface area contributed by atoms with Crippen molar-refractivity contribution in [1.29, 1.82) is 0 Å². The minimum Gasteiger partial charge on any atom is -0.465 e. The van der Waals surface area contributed by atoms with Crippen LogP contribution in [0.1, 0.15) is 42.0 Å². The van der Waals surface area contributed by atoms with Crippen LogP contribution in [0, 0.1) is 0 Å². The van der Waals surface area contributed by atoms with Crippen molar-refractivity contribution < 1.29 is 14.6 Å². The molecule has 38 heavy (non-hydrogen) atoms. The summed E-state index contributed by atoms with van der Waals surface area (Å²) in [5.41, 5.74) is 4.93. The summed E-state index contributed by atoms with van der Waals surface area (Å²) >= 11 is 0. The Morgan fingerprint density at radius 3 is 2.00 bits per heavy atom. The zero-order valence-electron chi connectivity index (χ0n) is 21.7. The molecule has 0 radical (unpaired) electrons. The first-order chi connectivity index (χ1) is 18.6. The molecule has 3 aromatic carbocycles. The van der Waals surface area contributed by atoms with Gasteiger partial charge in [0.2, 0.25) is 0 Å². The second-order valence-electron chi connectivity index (χ2n) is 9.66. The van der Waals surface area contributed by atoms with Gasteiger partial charge in [-0.15, -0.1) is 0 Å². The van der Waals surface area contributed by atoms with Gasteiger partial charge in [0.15, 0.2) is 0 Å². The maximum atomic E-state index is 12.0. The lowest BCUT2D eigenvalue weighted by molar-refractivity contribution is -0.143. The van der Waals surface area contributed by atoms with Crippen LogP contribution in [0.3, 0.4) is 0 Å². The van der Waals surface area contributed by atoms with Gasteiger partial charge in [0, 0.05) is 31.1 Å². The monoisotopic (exact) mass is 506 g/mol. The summed E-state index contributed by atoms with van der Waals surface area (Å²) in [6, 6.07) is 33.9. The number of aliphatic hydroxyl groups excluding tert-OH is 1. The second kappa shape index (κ2) is 11.5. The Kier molecular flexibility index (Phi) is 7.75. The Morgan fingerprint density at radius 2 is 1.47 bits per heavy atom. The van der Waals surface area contributed by atoms with Crippen LogP contribution >= 0.6 is 0 Å². The van der Waals surface area contributed by atoms with Crippen LogP contribution < -0.4 is 0 Å². The Morgan fingerprint density at radius 1 is 0.921 bits per heavy atom. The van der Waals surface area contributed by atoms with E-state index in [0.29, 0.717) is 26.0 Å². The molecule has 1 unspecified atom stereocenters. The van der Waals surface area contributed by atoms with Crippen molar-refractivity contribution in [3.63, 3.8) is 0 Å². The summed E-state index contributed by atoms with van der Waals surface area (Å²) in [4.78, 5) is 14.5. The summed E-state index contributed by atoms with van der Waals surface area (Å²) in [5, 5.41) is 10.8. The summed E-state index contributed by atoms with van der Waals surface area (Å²) in [6.07, 6.45) is 6.80. The molecule has 0 aliphatic carbocycles. The van der Waals surface area contributed by atoms with Crippen molar-refractivity contribution in [2.75, 3.05) is 13.2 Å². The van der Waals surface area contributed by atoms with Crippen LogP contribution in [0.5, 0.6) is 0 Å². The fraction of sp³-hybridized carbons (Fsp3) is 0.242. The molecule has 1 fully saturated rings. The molecule has 194 valence electrons. The number of esters is 1. The molecule has 0 amide bonds. The molecule has 1 aliphatic heterocycles. The lowest BCUT2D eigenvalue weighted by Crippen LogP contribution is -2.51. The quantitative estimate of drug-likeness (QED) is 0.241. The van der Waals surface area contributed by atoms with Gasteiger partial charge in [-0.05, 0) is 47.7 Å². The molecule has 0 bridgehead atoms. The van der Waals surface area contributed by atoms with Gasteiger partial charge < -0.3 is 19.3 Å². The van der Waals surface area contributed by atoms with E-state index >= 15 is 0 Å². The molecule has 5 rings (SSSR count). The molecule has 2 heterocycles. The molecule has 0 spiro atoms. The van der Waals surface area contributed by atoms with Crippen molar-refractivity contribution in [1.82, 2.24) is 9.47 Å². The third-order valence-electron chi connectivity index (χ3n) is 7.18. The zero-order chi connectivity index (χ0) is 26.4. The van der Waals surface area contributed by atoms with E-state index in [1.807, 2.05) is 48.1 Å². The molecule has 5 nitrogen and oxygen atoms in total. The Hall–Kier alpha value is -4.09. The van der Waals surface area contributed by atoms with E-state index in [1.165, 1.54) is 16.7 Å². The van der Waals surface area contributed by atoms with Crippen LogP contribution in [0.4, 0.5) is 0 Å². The Balaban J connectivity index is 1.67. The van der Waals surface area contributed by atoms with E-state index in [-0.39, 0.29) is 12.5 Å². The number of hydrogen-bond donors (Lipinski definition) is 1. The maximum Gasteiger partial charge on any atom is 0.325 e. The fourth-order valence-electron chi connectivity index (χ4n) is 5.59. The second-order valence-corrected chi connectivity index (χ2v) is 9.66. The van der Waals surface area contributed by atoms with E-state index in [9.17, 15) is 9.90 Å². The Labute approximate surface area is 224 Å². The van der Waals surface area contributed by atoms with Gasteiger partial charge in [0.1, 0.15) is 12.1 Å². The SMILES string of the molecule is CCOC(=O)Cn1ccc(C=C2CC(O)CCN2C(c2ccccc2)(c2ccccc2)c2ccccc2)c1. The van der Waals surface area contributed by atoms with Gasteiger partial charge in [0.25, 0.3) is 0 Å². The highest BCUT2D eigenvalue weighted by Crippen LogP contribution is 2.46. The van der Waals surface area contributed by atoms with E-state index in [0.717, 1.165) is 11.3 Å². The van der Waals surface area contributed by atoms with Crippen molar-refractivity contribution in [3.05, 3.63) is 137 Å². The predicted octanol–water partition coefficient (Wildman–Crippen LogP) is 5.84. The number of carbonyl (C=O) groups excluding carboxylic acids is 1. The highest BCUT2D eigenvalue weighted by molar-refractivity contribution is 5.69. The molecule has 1 aliphatic rings. The highest BCUT2D eigenvalue weighted by atomic mass is 16.5. The molecule has 5 heteroatoms. The molecule has 0 saturated carbocycles. The van der Waals surface area contributed by atoms with Gasteiger partial charge in [-0.2, -0.15) is 0 Å². The molecule has 1 saturated heterocycles. The van der Waals surface area contributed by atoms with Gasteiger partial charge in [-0.25, -0.2) is 0 Å². The first-order valence-corrected chi connectivity index (χ1v) is 13.3. The average Bonchev–Trinajstić information content (AvgIpc) is 3.38. The predicted molar refractivity (Wildman–Crippen MR) is 150 cm³/mol. The first kappa shape index (κ1) is 25.6. The number of ether oxygens (including phenoxy) is 1. The molecule has 4 aromatic rings. The number of aromatic nitrogens is 1. The van der Waals surface area contributed by atoms with Gasteiger partial charge in [-0.3, -0.25) is 4.79 Å².